The second-order valence-electron chi connectivity index (χ2n) is 3.97. The van der Waals surface area contributed by atoms with Crippen LogP contribution in [0.1, 0.15) is 0 Å². The summed E-state index contributed by atoms with van der Waals surface area (Å²) in [6.45, 7) is 0. The molecule has 0 atom stereocenters. The number of hydrogen-bond acceptors (Lipinski definition) is 3. The molecule has 0 fully saturated rings. The molecular weight excluding hydrogens is 526 g/mol. The maximum absolute atomic E-state index is 4.95. The predicted molar refractivity (Wildman–Crippen MR) is 88.3 cm³/mol. The Morgan fingerprint density at radius 2 is 1.00 bits per heavy atom. The zero-order chi connectivity index (χ0) is 15.8. The van der Waals surface area contributed by atoms with Crippen molar-refractivity contribution in [2.75, 3.05) is 0 Å². The number of aromatic nitrogens is 3. The van der Waals surface area contributed by atoms with Crippen molar-refractivity contribution < 1.29 is 15.2 Å². The fraction of sp³-hybridized carbons (Fsp3) is 0. The Kier molecular flexibility index (Phi) is 7.33. The van der Waals surface area contributed by atoms with E-state index >= 15 is 0 Å². The van der Waals surface area contributed by atoms with E-state index in [-0.39, 0.29) is 0 Å². The molecule has 0 N–H and O–H groups in total. The average molecular weight is 537 g/mol. The van der Waals surface area contributed by atoms with Crippen LogP contribution in [-0.4, -0.2) is 15.0 Å². The van der Waals surface area contributed by atoms with E-state index in [1.807, 2.05) is 54.6 Å². The smallest absolute Gasteiger partial charge is 0.0894 e. The zero-order valence-corrected chi connectivity index (χ0v) is 15.6. The van der Waals surface area contributed by atoms with E-state index in [4.69, 9.17) is 27.6 Å². The molecule has 0 aliphatic heterocycles. The molecule has 7 heteroatoms. The molecule has 0 unspecified atom stereocenters. The summed E-state index contributed by atoms with van der Waals surface area (Å²) in [5, 5.41) is 0. The fourth-order valence-electron chi connectivity index (χ4n) is 1.75. The molecule has 3 nitrogen and oxygen atoms in total. The van der Waals surface area contributed by atoms with Gasteiger partial charge in [0.15, 0.2) is 0 Å². The van der Waals surface area contributed by atoms with Gasteiger partial charge >= 0.3 is 42.8 Å². The number of nitrogens with zero attached hydrogens (tertiary/aromatic N) is 3. The molecule has 0 saturated carbocycles. The predicted octanol–water partition coefficient (Wildman–Crippen LogP) is 5.27. The summed E-state index contributed by atoms with van der Waals surface area (Å²) in [6.07, 6.45) is 3.54. The van der Waals surface area contributed by atoms with Crippen molar-refractivity contribution >= 4 is 27.6 Å². The van der Waals surface area contributed by atoms with Gasteiger partial charge in [0, 0.05) is 12.4 Å². The SMILES string of the molecule is [Cl][Au]([Cl])[Cl].c1ccc(-c2cccc(-c3ccccn3)n2)nc1. The number of hydrogen-bond donors (Lipinski definition) is 0. The van der Waals surface area contributed by atoms with Gasteiger partial charge in [-0.3, -0.25) is 9.97 Å². The minimum absolute atomic E-state index is 0.860. The molecule has 118 valence electrons. The van der Waals surface area contributed by atoms with Crippen molar-refractivity contribution in [3.8, 4) is 22.8 Å². The fourth-order valence-corrected chi connectivity index (χ4v) is 1.75. The molecule has 3 aromatic heterocycles. The van der Waals surface area contributed by atoms with E-state index in [1.165, 1.54) is 0 Å². The Bertz CT molecular complexity index is 639. The van der Waals surface area contributed by atoms with E-state index in [0.29, 0.717) is 0 Å². The molecule has 3 rings (SSSR count). The number of pyridine rings is 3. The van der Waals surface area contributed by atoms with Crippen molar-refractivity contribution in [2.24, 2.45) is 0 Å². The summed E-state index contributed by atoms with van der Waals surface area (Å²) >= 11 is -1.79. The van der Waals surface area contributed by atoms with E-state index in [1.54, 1.807) is 12.4 Å². The van der Waals surface area contributed by atoms with Gasteiger partial charge in [-0.25, -0.2) is 4.98 Å². The van der Waals surface area contributed by atoms with Gasteiger partial charge in [0.05, 0.1) is 22.8 Å². The number of halogens is 3. The third-order valence-corrected chi connectivity index (χ3v) is 2.60. The second-order valence-corrected chi connectivity index (χ2v) is 13.4. The first kappa shape index (κ1) is 17.4. The van der Waals surface area contributed by atoms with Crippen molar-refractivity contribution in [3.63, 3.8) is 0 Å². The molecular formula is C15H11AuCl3N3. The summed E-state index contributed by atoms with van der Waals surface area (Å²) in [5.41, 5.74) is 3.46. The zero-order valence-electron chi connectivity index (χ0n) is 11.1. The van der Waals surface area contributed by atoms with Gasteiger partial charge in [-0.15, -0.1) is 0 Å². The van der Waals surface area contributed by atoms with Crippen molar-refractivity contribution in [2.45, 2.75) is 0 Å². The van der Waals surface area contributed by atoms with Gasteiger partial charge in [-0.05, 0) is 36.4 Å². The summed E-state index contributed by atoms with van der Waals surface area (Å²) in [7, 11) is 14.9. The quantitative estimate of drug-likeness (QED) is 0.419. The molecule has 0 bridgehead atoms. The normalized spacial score (nSPS) is 10.4. The van der Waals surface area contributed by atoms with E-state index in [2.05, 4.69) is 15.0 Å². The summed E-state index contributed by atoms with van der Waals surface area (Å²) in [4.78, 5) is 13.2. The third kappa shape index (κ3) is 5.69. The number of rotatable bonds is 2. The van der Waals surface area contributed by atoms with Crippen LogP contribution in [0.25, 0.3) is 22.8 Å². The molecule has 0 aromatic carbocycles. The van der Waals surface area contributed by atoms with Crippen LogP contribution in [0.2, 0.25) is 0 Å². The largest absolute Gasteiger partial charge is 0.255 e. The van der Waals surface area contributed by atoms with Gasteiger partial charge < -0.3 is 0 Å². The standard InChI is InChI=1S/C15H11N3.Au.3ClH/c1-3-10-16-12(6-1)14-8-5-9-15(18-14)13-7-2-4-11-17-13;;;;/h1-11H;;3*1H/q;+3;;;/p-3. The Hall–Kier alpha value is -0.940. The molecule has 3 aromatic rings. The van der Waals surface area contributed by atoms with Crippen LogP contribution in [0.15, 0.2) is 67.0 Å². The summed E-state index contributed by atoms with van der Waals surface area (Å²) < 4.78 is 0. The molecule has 0 spiro atoms. The molecule has 0 aliphatic carbocycles. The topological polar surface area (TPSA) is 38.7 Å². The molecule has 0 aliphatic rings. The van der Waals surface area contributed by atoms with Crippen molar-refractivity contribution in [1.82, 2.24) is 15.0 Å². The van der Waals surface area contributed by atoms with E-state index in [9.17, 15) is 0 Å². The maximum atomic E-state index is 4.95. The molecule has 0 radical (unpaired) electrons. The van der Waals surface area contributed by atoms with Crippen LogP contribution in [0, 0.1) is 0 Å². The third-order valence-electron chi connectivity index (χ3n) is 2.60. The van der Waals surface area contributed by atoms with Crippen LogP contribution in [0.3, 0.4) is 0 Å². The Morgan fingerprint density at radius 1 is 0.591 bits per heavy atom. The summed E-state index contributed by atoms with van der Waals surface area (Å²) in [5.74, 6) is 0. The monoisotopic (exact) mass is 535 g/mol. The minimum Gasteiger partial charge on any atom is -0.255 e. The van der Waals surface area contributed by atoms with Gasteiger partial charge in [-0.2, -0.15) is 0 Å². The first-order valence-corrected chi connectivity index (χ1v) is 14.1. The first-order chi connectivity index (χ1) is 10.7. The van der Waals surface area contributed by atoms with Gasteiger partial charge in [0.25, 0.3) is 0 Å². The van der Waals surface area contributed by atoms with E-state index in [0.717, 1.165) is 22.8 Å². The van der Waals surface area contributed by atoms with Crippen LogP contribution >= 0.6 is 27.6 Å². The molecule has 3 heterocycles. The van der Waals surface area contributed by atoms with Gasteiger partial charge in [0.2, 0.25) is 0 Å². The minimum atomic E-state index is -1.79. The van der Waals surface area contributed by atoms with E-state index < -0.39 is 15.2 Å². The molecule has 0 amide bonds. The Morgan fingerprint density at radius 3 is 1.36 bits per heavy atom. The van der Waals surface area contributed by atoms with Gasteiger partial charge in [0.1, 0.15) is 0 Å². The van der Waals surface area contributed by atoms with Gasteiger partial charge in [-0.1, -0.05) is 18.2 Å². The van der Waals surface area contributed by atoms with Crippen molar-refractivity contribution in [3.05, 3.63) is 67.0 Å². The first-order valence-electron chi connectivity index (χ1n) is 6.07. The second kappa shape index (κ2) is 9.26. The Balaban J connectivity index is 0.000000396. The molecule has 0 saturated heterocycles. The van der Waals surface area contributed by atoms with Crippen LogP contribution in [0.5, 0.6) is 0 Å². The van der Waals surface area contributed by atoms with Crippen molar-refractivity contribution in [1.29, 1.82) is 0 Å². The molecule has 22 heavy (non-hydrogen) atoms. The van der Waals surface area contributed by atoms with Crippen LogP contribution in [-0.2, 0) is 15.2 Å². The van der Waals surface area contributed by atoms with Crippen LogP contribution in [0.4, 0.5) is 0 Å². The Labute approximate surface area is 146 Å². The maximum Gasteiger partial charge on any atom is 0.0894 e. The summed E-state index contributed by atoms with van der Waals surface area (Å²) in [6, 6.07) is 17.5. The average Bonchev–Trinajstić information content (AvgIpc) is 2.56. The van der Waals surface area contributed by atoms with Crippen LogP contribution < -0.4 is 0 Å².